The molecule has 4 nitrogen and oxygen atoms in total. The third kappa shape index (κ3) is 4.01. The van der Waals surface area contributed by atoms with Gasteiger partial charge < -0.3 is 10.2 Å². The van der Waals surface area contributed by atoms with E-state index >= 15 is 0 Å². The van der Waals surface area contributed by atoms with Crippen LogP contribution in [0.15, 0.2) is 30.3 Å². The molecule has 2 fully saturated rings. The Morgan fingerprint density at radius 2 is 1.92 bits per heavy atom. The maximum atomic E-state index is 13.2. The van der Waals surface area contributed by atoms with Crippen molar-refractivity contribution in [3.63, 3.8) is 0 Å². The van der Waals surface area contributed by atoms with Crippen LogP contribution in [0.4, 0.5) is 13.2 Å². The Morgan fingerprint density at radius 1 is 1.27 bits per heavy atom. The third-order valence-electron chi connectivity index (χ3n) is 5.51. The number of amides is 1. The predicted molar refractivity (Wildman–Crippen MR) is 90.1 cm³/mol. The minimum atomic E-state index is -4.90. The van der Waals surface area contributed by atoms with E-state index in [9.17, 15) is 23.2 Å². The lowest BCUT2D eigenvalue weighted by atomic mass is 9.76. The van der Waals surface area contributed by atoms with Crippen molar-refractivity contribution in [2.75, 3.05) is 19.6 Å². The number of rotatable bonds is 5. The first kappa shape index (κ1) is 18.7. The SMILES string of the molecule is N#CCC1(CN(C(=O)C(F)(F)F)C2CC2c2ccccc2)CCNCC1. The average Bonchev–Trinajstić information content (AvgIpc) is 3.41. The van der Waals surface area contributed by atoms with Gasteiger partial charge in [-0.2, -0.15) is 18.4 Å². The molecule has 2 atom stereocenters. The Labute approximate surface area is 151 Å². The number of nitrogens with one attached hydrogen (secondary N) is 1. The number of alkyl halides is 3. The van der Waals surface area contributed by atoms with Crippen LogP contribution in [0.2, 0.25) is 0 Å². The summed E-state index contributed by atoms with van der Waals surface area (Å²) in [6, 6.07) is 11.0. The molecule has 1 N–H and O–H groups in total. The first-order valence-corrected chi connectivity index (χ1v) is 8.87. The third-order valence-corrected chi connectivity index (χ3v) is 5.51. The van der Waals surface area contributed by atoms with Gasteiger partial charge in [0, 0.05) is 30.3 Å². The molecule has 1 amide bonds. The van der Waals surface area contributed by atoms with Gasteiger partial charge in [0.2, 0.25) is 0 Å². The fourth-order valence-electron chi connectivity index (χ4n) is 3.96. The van der Waals surface area contributed by atoms with Crippen LogP contribution in [-0.2, 0) is 4.79 Å². The van der Waals surface area contributed by atoms with E-state index in [4.69, 9.17) is 0 Å². The molecule has 0 radical (unpaired) electrons. The standard InChI is InChI=1S/C19H22F3N3O/c20-19(21,22)17(26)25(13-18(6-9-23)7-10-24-11-8-18)16-12-15(16)14-4-2-1-3-5-14/h1-5,15-16,24H,6-8,10-13H2. The molecule has 1 saturated heterocycles. The predicted octanol–water partition coefficient (Wildman–Crippen LogP) is 3.22. The highest BCUT2D eigenvalue weighted by atomic mass is 19.4. The largest absolute Gasteiger partial charge is 0.471 e. The molecule has 3 rings (SSSR count). The molecule has 7 heteroatoms. The fourth-order valence-corrected chi connectivity index (χ4v) is 3.96. The van der Waals surface area contributed by atoms with Crippen LogP contribution >= 0.6 is 0 Å². The first-order chi connectivity index (χ1) is 12.4. The molecule has 0 spiro atoms. The van der Waals surface area contributed by atoms with Crippen LogP contribution in [0, 0.1) is 16.7 Å². The summed E-state index contributed by atoms with van der Waals surface area (Å²) in [5.74, 6) is -1.85. The number of hydrogen-bond acceptors (Lipinski definition) is 3. The van der Waals surface area contributed by atoms with Gasteiger partial charge >= 0.3 is 12.1 Å². The fraction of sp³-hybridized carbons (Fsp3) is 0.579. The summed E-state index contributed by atoms with van der Waals surface area (Å²) in [6.07, 6.45) is -2.99. The summed E-state index contributed by atoms with van der Waals surface area (Å²) in [5, 5.41) is 12.4. The van der Waals surface area contributed by atoms with E-state index in [2.05, 4.69) is 11.4 Å². The molecular formula is C19H22F3N3O. The summed E-state index contributed by atoms with van der Waals surface area (Å²) in [5.41, 5.74) is 0.391. The van der Waals surface area contributed by atoms with Crippen LogP contribution in [0.25, 0.3) is 0 Å². The first-order valence-electron chi connectivity index (χ1n) is 8.87. The van der Waals surface area contributed by atoms with Gasteiger partial charge in [-0.25, -0.2) is 0 Å². The lowest BCUT2D eigenvalue weighted by molar-refractivity contribution is -0.188. The summed E-state index contributed by atoms with van der Waals surface area (Å²) in [6.45, 7) is 1.31. The summed E-state index contributed by atoms with van der Waals surface area (Å²) >= 11 is 0. The van der Waals surface area contributed by atoms with Crippen molar-refractivity contribution in [2.24, 2.45) is 5.41 Å². The van der Waals surface area contributed by atoms with Gasteiger partial charge in [-0.1, -0.05) is 30.3 Å². The van der Waals surface area contributed by atoms with Crippen molar-refractivity contribution >= 4 is 5.91 Å². The summed E-state index contributed by atoms with van der Waals surface area (Å²) < 4.78 is 39.6. The van der Waals surface area contributed by atoms with Crippen molar-refractivity contribution in [3.8, 4) is 6.07 Å². The van der Waals surface area contributed by atoms with E-state index < -0.39 is 23.5 Å². The highest BCUT2D eigenvalue weighted by molar-refractivity contribution is 5.82. The Morgan fingerprint density at radius 3 is 2.50 bits per heavy atom. The average molecular weight is 365 g/mol. The second-order valence-corrected chi connectivity index (χ2v) is 7.34. The summed E-state index contributed by atoms with van der Waals surface area (Å²) in [4.78, 5) is 13.1. The van der Waals surface area contributed by atoms with Crippen LogP contribution < -0.4 is 5.32 Å². The van der Waals surface area contributed by atoms with Crippen molar-refractivity contribution < 1.29 is 18.0 Å². The highest BCUT2D eigenvalue weighted by Gasteiger charge is 2.53. The van der Waals surface area contributed by atoms with Crippen molar-refractivity contribution in [3.05, 3.63) is 35.9 Å². The molecule has 1 saturated carbocycles. The molecule has 1 aromatic carbocycles. The molecule has 1 aliphatic carbocycles. The number of hydrogen-bond donors (Lipinski definition) is 1. The van der Waals surface area contributed by atoms with Crippen molar-refractivity contribution in [1.29, 1.82) is 5.26 Å². The van der Waals surface area contributed by atoms with Gasteiger partial charge in [0.25, 0.3) is 0 Å². The second-order valence-electron chi connectivity index (χ2n) is 7.34. The maximum absolute atomic E-state index is 13.2. The van der Waals surface area contributed by atoms with Gasteiger partial charge in [0.15, 0.2) is 0 Å². The molecule has 140 valence electrons. The Bertz CT molecular complexity index is 678. The normalized spacial score (nSPS) is 24.5. The van der Waals surface area contributed by atoms with E-state index in [1.165, 1.54) is 0 Å². The lowest BCUT2D eigenvalue weighted by Gasteiger charge is -2.40. The number of carbonyl (C=O) groups is 1. The van der Waals surface area contributed by atoms with Gasteiger partial charge in [0.1, 0.15) is 0 Å². The second kappa shape index (κ2) is 7.28. The highest BCUT2D eigenvalue weighted by Crippen LogP contribution is 2.47. The zero-order valence-electron chi connectivity index (χ0n) is 14.4. The van der Waals surface area contributed by atoms with E-state index in [-0.39, 0.29) is 18.9 Å². The molecule has 1 aliphatic heterocycles. The van der Waals surface area contributed by atoms with E-state index in [1.54, 1.807) is 0 Å². The van der Waals surface area contributed by atoms with Gasteiger partial charge in [-0.05, 0) is 37.9 Å². The zero-order valence-corrected chi connectivity index (χ0v) is 14.4. The van der Waals surface area contributed by atoms with Gasteiger partial charge in [0.05, 0.1) is 6.07 Å². The minimum absolute atomic E-state index is 0.00537. The van der Waals surface area contributed by atoms with Gasteiger partial charge in [-0.15, -0.1) is 0 Å². The molecule has 0 bridgehead atoms. The number of piperidine rings is 1. The number of halogens is 3. The van der Waals surface area contributed by atoms with Crippen LogP contribution in [0.3, 0.4) is 0 Å². The number of benzene rings is 1. The zero-order chi connectivity index (χ0) is 18.8. The number of nitriles is 1. The quantitative estimate of drug-likeness (QED) is 0.872. The molecular weight excluding hydrogens is 343 g/mol. The molecule has 2 unspecified atom stereocenters. The van der Waals surface area contributed by atoms with E-state index in [0.717, 1.165) is 10.5 Å². The molecule has 2 aliphatic rings. The van der Waals surface area contributed by atoms with E-state index in [0.29, 0.717) is 32.4 Å². The molecule has 1 heterocycles. The molecule has 26 heavy (non-hydrogen) atoms. The smallest absolute Gasteiger partial charge is 0.331 e. The monoisotopic (exact) mass is 365 g/mol. The van der Waals surface area contributed by atoms with Gasteiger partial charge in [-0.3, -0.25) is 4.79 Å². The topological polar surface area (TPSA) is 56.1 Å². The van der Waals surface area contributed by atoms with Crippen LogP contribution in [0.1, 0.15) is 37.2 Å². The number of carbonyl (C=O) groups excluding carboxylic acids is 1. The van der Waals surface area contributed by atoms with Crippen LogP contribution in [-0.4, -0.2) is 42.7 Å². The minimum Gasteiger partial charge on any atom is -0.331 e. The molecule has 1 aromatic rings. The molecule has 0 aromatic heterocycles. The van der Waals surface area contributed by atoms with Crippen molar-refractivity contribution in [1.82, 2.24) is 10.2 Å². The van der Waals surface area contributed by atoms with Crippen molar-refractivity contribution in [2.45, 2.75) is 43.8 Å². The van der Waals surface area contributed by atoms with E-state index in [1.807, 2.05) is 30.3 Å². The number of nitrogens with zero attached hydrogens (tertiary/aromatic N) is 2. The Hall–Kier alpha value is -2.07. The lowest BCUT2D eigenvalue weighted by Crippen LogP contribution is -2.51. The summed E-state index contributed by atoms with van der Waals surface area (Å²) in [7, 11) is 0. The Kier molecular flexibility index (Phi) is 5.24. The maximum Gasteiger partial charge on any atom is 0.471 e. The Balaban J connectivity index is 1.83. The van der Waals surface area contributed by atoms with Crippen LogP contribution in [0.5, 0.6) is 0 Å².